The molecule has 1 aromatic rings. The topological polar surface area (TPSA) is 63.4 Å². The lowest BCUT2D eigenvalue weighted by Crippen LogP contribution is -2.00. The first-order chi connectivity index (χ1) is 6.56. The molecule has 0 spiro atoms. The van der Waals surface area contributed by atoms with Crippen molar-refractivity contribution >= 4 is 5.69 Å². The first-order valence-electron chi connectivity index (χ1n) is 4.42. The van der Waals surface area contributed by atoms with E-state index in [2.05, 4.69) is 0 Å². The Morgan fingerprint density at radius 3 is 2.64 bits per heavy atom. The normalized spacial score (nSPS) is 12.5. The van der Waals surface area contributed by atoms with Crippen LogP contribution in [0.1, 0.15) is 24.0 Å². The van der Waals surface area contributed by atoms with Gasteiger partial charge in [0.15, 0.2) is 0 Å². The Morgan fingerprint density at radius 1 is 1.57 bits per heavy atom. The molecule has 0 heterocycles. The van der Waals surface area contributed by atoms with Crippen LogP contribution in [0.2, 0.25) is 0 Å². The van der Waals surface area contributed by atoms with E-state index in [-0.39, 0.29) is 18.2 Å². The van der Waals surface area contributed by atoms with Crippen molar-refractivity contribution in [3.8, 4) is 0 Å². The van der Waals surface area contributed by atoms with Crippen molar-refractivity contribution in [1.82, 2.24) is 0 Å². The van der Waals surface area contributed by atoms with Crippen LogP contribution in [0, 0.1) is 17.0 Å². The van der Waals surface area contributed by atoms with Crippen molar-refractivity contribution in [3.63, 3.8) is 0 Å². The summed E-state index contributed by atoms with van der Waals surface area (Å²) in [6, 6.07) is 4.92. The van der Waals surface area contributed by atoms with Crippen LogP contribution < -0.4 is 0 Å². The summed E-state index contributed by atoms with van der Waals surface area (Å²) in [5.41, 5.74) is 1.68. The third kappa shape index (κ3) is 2.09. The average molecular weight is 195 g/mol. The third-order valence-corrected chi connectivity index (χ3v) is 2.26. The van der Waals surface area contributed by atoms with Crippen molar-refractivity contribution in [2.24, 2.45) is 0 Å². The average Bonchev–Trinajstić information content (AvgIpc) is 2.15. The Hall–Kier alpha value is -1.42. The molecule has 0 fully saturated rings. The van der Waals surface area contributed by atoms with Crippen molar-refractivity contribution < 1.29 is 10.0 Å². The van der Waals surface area contributed by atoms with E-state index in [9.17, 15) is 10.1 Å². The van der Waals surface area contributed by atoms with Crippen LogP contribution in [0.15, 0.2) is 18.2 Å². The molecule has 1 rings (SSSR count). The van der Waals surface area contributed by atoms with Gasteiger partial charge in [0.1, 0.15) is 0 Å². The standard InChI is InChI=1S/C10H13NO3/c1-7-5-9(8(2)6-12)3-4-10(7)11(13)14/h3-5,8,12H,6H2,1-2H3. The van der Waals surface area contributed by atoms with Gasteiger partial charge >= 0.3 is 0 Å². The molecular weight excluding hydrogens is 182 g/mol. The van der Waals surface area contributed by atoms with Gasteiger partial charge in [-0.05, 0) is 18.6 Å². The smallest absolute Gasteiger partial charge is 0.272 e. The first kappa shape index (κ1) is 10.7. The summed E-state index contributed by atoms with van der Waals surface area (Å²) in [4.78, 5) is 10.1. The van der Waals surface area contributed by atoms with E-state index in [0.29, 0.717) is 5.56 Å². The molecule has 0 aliphatic rings. The fourth-order valence-electron chi connectivity index (χ4n) is 1.30. The zero-order valence-electron chi connectivity index (χ0n) is 8.23. The molecule has 4 nitrogen and oxygen atoms in total. The molecule has 1 N–H and O–H groups in total. The highest BCUT2D eigenvalue weighted by Crippen LogP contribution is 2.23. The number of benzene rings is 1. The van der Waals surface area contributed by atoms with E-state index in [0.717, 1.165) is 5.56 Å². The monoisotopic (exact) mass is 195 g/mol. The summed E-state index contributed by atoms with van der Waals surface area (Å²) in [7, 11) is 0. The number of nitro benzene ring substituents is 1. The Morgan fingerprint density at radius 2 is 2.21 bits per heavy atom. The van der Waals surface area contributed by atoms with Crippen molar-refractivity contribution in [2.75, 3.05) is 6.61 Å². The summed E-state index contributed by atoms with van der Waals surface area (Å²) in [5.74, 6) is 0.0227. The van der Waals surface area contributed by atoms with Gasteiger partial charge in [0, 0.05) is 24.2 Å². The van der Waals surface area contributed by atoms with Gasteiger partial charge in [-0.3, -0.25) is 10.1 Å². The quantitative estimate of drug-likeness (QED) is 0.592. The second-order valence-electron chi connectivity index (χ2n) is 3.39. The molecule has 14 heavy (non-hydrogen) atoms. The lowest BCUT2D eigenvalue weighted by Gasteiger charge is -2.08. The van der Waals surface area contributed by atoms with E-state index in [4.69, 9.17) is 5.11 Å². The molecule has 76 valence electrons. The van der Waals surface area contributed by atoms with Crippen LogP contribution in [0.5, 0.6) is 0 Å². The van der Waals surface area contributed by atoms with Crippen molar-refractivity contribution in [1.29, 1.82) is 0 Å². The maximum atomic E-state index is 10.5. The van der Waals surface area contributed by atoms with Gasteiger partial charge in [0.25, 0.3) is 5.69 Å². The van der Waals surface area contributed by atoms with Gasteiger partial charge < -0.3 is 5.11 Å². The molecule has 1 atom stereocenters. The van der Waals surface area contributed by atoms with Crippen molar-refractivity contribution in [3.05, 3.63) is 39.4 Å². The van der Waals surface area contributed by atoms with Gasteiger partial charge in [0.05, 0.1) is 4.92 Å². The highest BCUT2D eigenvalue weighted by Gasteiger charge is 2.12. The molecule has 0 aliphatic carbocycles. The summed E-state index contributed by atoms with van der Waals surface area (Å²) in [6.07, 6.45) is 0. The van der Waals surface area contributed by atoms with Crippen LogP contribution in [0.3, 0.4) is 0 Å². The maximum Gasteiger partial charge on any atom is 0.272 e. The summed E-state index contributed by atoms with van der Waals surface area (Å²) >= 11 is 0. The van der Waals surface area contributed by atoms with Crippen LogP contribution in [0.25, 0.3) is 0 Å². The van der Waals surface area contributed by atoms with E-state index in [1.165, 1.54) is 6.07 Å². The Labute approximate surface area is 82.3 Å². The molecule has 0 aromatic heterocycles. The number of aryl methyl sites for hydroxylation is 1. The number of nitrogens with zero attached hydrogens (tertiary/aromatic N) is 1. The lowest BCUT2D eigenvalue weighted by molar-refractivity contribution is -0.385. The molecule has 0 aliphatic heterocycles. The van der Waals surface area contributed by atoms with E-state index < -0.39 is 4.92 Å². The molecule has 0 amide bonds. The van der Waals surface area contributed by atoms with Gasteiger partial charge in [-0.1, -0.05) is 13.0 Å². The molecule has 1 aromatic carbocycles. The predicted molar refractivity (Wildman–Crippen MR) is 53.3 cm³/mol. The minimum absolute atomic E-state index is 0.0227. The highest BCUT2D eigenvalue weighted by molar-refractivity contribution is 5.42. The second-order valence-corrected chi connectivity index (χ2v) is 3.39. The first-order valence-corrected chi connectivity index (χ1v) is 4.42. The molecular formula is C10H13NO3. The van der Waals surface area contributed by atoms with E-state index in [1.54, 1.807) is 19.1 Å². The minimum Gasteiger partial charge on any atom is -0.396 e. The lowest BCUT2D eigenvalue weighted by atomic mass is 9.99. The summed E-state index contributed by atoms with van der Waals surface area (Å²) < 4.78 is 0. The fourth-order valence-corrected chi connectivity index (χ4v) is 1.30. The predicted octanol–water partition coefficient (Wildman–Crippen LogP) is 2.00. The van der Waals surface area contributed by atoms with Gasteiger partial charge in [0.2, 0.25) is 0 Å². The Balaban J connectivity index is 3.06. The van der Waals surface area contributed by atoms with Gasteiger partial charge in [-0.25, -0.2) is 0 Å². The Kier molecular flexibility index (Phi) is 3.19. The Bertz CT molecular complexity index is 349. The second kappa shape index (κ2) is 4.19. The molecule has 0 radical (unpaired) electrons. The van der Waals surface area contributed by atoms with Crippen LogP contribution in [-0.4, -0.2) is 16.6 Å². The number of aliphatic hydroxyl groups is 1. The highest BCUT2D eigenvalue weighted by atomic mass is 16.6. The zero-order chi connectivity index (χ0) is 10.7. The molecule has 0 saturated heterocycles. The number of rotatable bonds is 3. The molecule has 0 saturated carbocycles. The minimum atomic E-state index is -0.400. The SMILES string of the molecule is Cc1cc(C(C)CO)ccc1[N+](=O)[O-]. The van der Waals surface area contributed by atoms with E-state index >= 15 is 0 Å². The summed E-state index contributed by atoms with van der Waals surface area (Å²) in [6.45, 7) is 3.63. The number of nitro groups is 1. The van der Waals surface area contributed by atoms with Crippen molar-refractivity contribution in [2.45, 2.75) is 19.8 Å². The zero-order valence-corrected chi connectivity index (χ0v) is 8.23. The number of aliphatic hydroxyl groups excluding tert-OH is 1. The molecule has 1 unspecified atom stereocenters. The third-order valence-electron chi connectivity index (χ3n) is 2.26. The van der Waals surface area contributed by atoms with Gasteiger partial charge in [-0.2, -0.15) is 0 Å². The number of hydrogen-bond donors (Lipinski definition) is 1. The van der Waals surface area contributed by atoms with Crippen LogP contribution in [-0.2, 0) is 0 Å². The summed E-state index contributed by atoms with van der Waals surface area (Å²) in [5, 5.41) is 19.5. The van der Waals surface area contributed by atoms with E-state index in [1.807, 2.05) is 6.92 Å². The molecule has 0 bridgehead atoms. The van der Waals surface area contributed by atoms with Crippen LogP contribution >= 0.6 is 0 Å². The fraction of sp³-hybridized carbons (Fsp3) is 0.400. The van der Waals surface area contributed by atoms with Crippen LogP contribution in [0.4, 0.5) is 5.69 Å². The molecule has 4 heteroatoms. The number of hydrogen-bond acceptors (Lipinski definition) is 3. The van der Waals surface area contributed by atoms with Gasteiger partial charge in [-0.15, -0.1) is 0 Å². The maximum absolute atomic E-state index is 10.5. The largest absolute Gasteiger partial charge is 0.396 e.